The zero-order chi connectivity index (χ0) is 19.1. The lowest BCUT2D eigenvalue weighted by molar-refractivity contribution is -0.122. The number of rotatable bonds is 5. The summed E-state index contributed by atoms with van der Waals surface area (Å²) in [6.07, 6.45) is 10.9. The van der Waals surface area contributed by atoms with Crippen LogP contribution in [-0.2, 0) is 4.79 Å². The number of anilines is 1. The molecule has 0 unspecified atom stereocenters. The van der Waals surface area contributed by atoms with Crippen molar-refractivity contribution < 1.29 is 9.59 Å². The average Bonchev–Trinajstić information content (AvgIpc) is 2.67. The highest BCUT2D eigenvalue weighted by Gasteiger charge is 2.24. The van der Waals surface area contributed by atoms with Crippen molar-refractivity contribution in [2.75, 3.05) is 24.5 Å². The van der Waals surface area contributed by atoms with E-state index in [1.165, 1.54) is 44.9 Å². The van der Waals surface area contributed by atoms with E-state index in [-0.39, 0.29) is 17.7 Å². The maximum Gasteiger partial charge on any atom is 0.251 e. The number of nitrogens with zero attached hydrogens (tertiary/aromatic N) is 1. The van der Waals surface area contributed by atoms with Gasteiger partial charge in [0.05, 0.1) is 5.92 Å². The van der Waals surface area contributed by atoms with E-state index in [1.807, 2.05) is 24.3 Å². The van der Waals surface area contributed by atoms with Crippen molar-refractivity contribution in [1.82, 2.24) is 5.32 Å². The van der Waals surface area contributed by atoms with Crippen LogP contribution >= 0.6 is 0 Å². The van der Waals surface area contributed by atoms with Crippen LogP contribution in [0.5, 0.6) is 0 Å². The molecule has 148 valence electrons. The van der Waals surface area contributed by atoms with E-state index in [0.29, 0.717) is 18.0 Å². The van der Waals surface area contributed by atoms with E-state index < -0.39 is 0 Å². The number of benzene rings is 1. The van der Waals surface area contributed by atoms with Crippen molar-refractivity contribution in [3.63, 3.8) is 0 Å². The lowest BCUT2D eigenvalue weighted by atomic mass is 9.91. The Balaban J connectivity index is 1.51. The molecule has 1 saturated heterocycles. The van der Waals surface area contributed by atoms with Crippen molar-refractivity contribution >= 4 is 17.5 Å². The van der Waals surface area contributed by atoms with Gasteiger partial charge in [0.25, 0.3) is 5.91 Å². The molecule has 2 amide bonds. The Hall–Kier alpha value is -2.04. The molecule has 1 atom stereocenters. The standard InChI is InChI=1S/C22H33N3O2/c23-21(26)19-9-6-14-25(16-19)20-12-10-18(11-13-20)22(27)24-15-17-7-4-2-1-3-5-8-17/h10-13,17,19H,1-9,14-16H2,(H2,23,26)(H,24,27)/t19-/m1/s1. The molecule has 1 heterocycles. The monoisotopic (exact) mass is 371 g/mol. The van der Waals surface area contributed by atoms with E-state index in [0.717, 1.165) is 31.6 Å². The summed E-state index contributed by atoms with van der Waals surface area (Å²) in [7, 11) is 0. The number of primary amides is 1. The van der Waals surface area contributed by atoms with Gasteiger partial charge in [-0.1, -0.05) is 32.1 Å². The smallest absolute Gasteiger partial charge is 0.251 e. The molecular weight excluding hydrogens is 338 g/mol. The number of piperidine rings is 1. The van der Waals surface area contributed by atoms with Gasteiger partial charge in [-0.15, -0.1) is 0 Å². The van der Waals surface area contributed by atoms with Crippen LogP contribution in [0.3, 0.4) is 0 Å². The van der Waals surface area contributed by atoms with Crippen LogP contribution in [0, 0.1) is 11.8 Å². The van der Waals surface area contributed by atoms with Crippen LogP contribution in [0.1, 0.15) is 68.1 Å². The van der Waals surface area contributed by atoms with Crippen LogP contribution in [0.15, 0.2) is 24.3 Å². The summed E-state index contributed by atoms with van der Waals surface area (Å²) >= 11 is 0. The van der Waals surface area contributed by atoms with Crippen molar-refractivity contribution in [3.05, 3.63) is 29.8 Å². The fourth-order valence-corrected chi connectivity index (χ4v) is 4.35. The lowest BCUT2D eigenvalue weighted by Gasteiger charge is -2.33. The first-order valence-electron chi connectivity index (χ1n) is 10.6. The molecule has 1 aliphatic carbocycles. The quantitative estimate of drug-likeness (QED) is 0.832. The van der Waals surface area contributed by atoms with Gasteiger partial charge >= 0.3 is 0 Å². The maximum absolute atomic E-state index is 12.5. The van der Waals surface area contributed by atoms with Crippen LogP contribution in [0.2, 0.25) is 0 Å². The number of amides is 2. The van der Waals surface area contributed by atoms with Gasteiger partial charge in [-0.25, -0.2) is 0 Å². The molecule has 2 aliphatic rings. The van der Waals surface area contributed by atoms with Crippen LogP contribution in [-0.4, -0.2) is 31.4 Å². The number of carbonyl (C=O) groups excluding carboxylic acids is 2. The van der Waals surface area contributed by atoms with Gasteiger partial charge in [0, 0.05) is 30.9 Å². The van der Waals surface area contributed by atoms with Gasteiger partial charge in [-0.05, 0) is 55.9 Å². The van der Waals surface area contributed by atoms with E-state index in [2.05, 4.69) is 10.2 Å². The molecule has 1 aliphatic heterocycles. The zero-order valence-corrected chi connectivity index (χ0v) is 16.3. The molecule has 5 heteroatoms. The molecule has 1 aromatic rings. The second-order valence-electron chi connectivity index (χ2n) is 8.16. The highest BCUT2D eigenvalue weighted by atomic mass is 16.2. The molecule has 5 nitrogen and oxygen atoms in total. The minimum absolute atomic E-state index is 0.0114. The lowest BCUT2D eigenvalue weighted by Crippen LogP contribution is -2.41. The molecule has 1 saturated carbocycles. The fourth-order valence-electron chi connectivity index (χ4n) is 4.35. The summed E-state index contributed by atoms with van der Waals surface area (Å²) in [4.78, 5) is 26.1. The molecule has 2 fully saturated rings. The molecule has 0 radical (unpaired) electrons. The number of carbonyl (C=O) groups is 2. The van der Waals surface area contributed by atoms with Crippen molar-refractivity contribution in [3.8, 4) is 0 Å². The van der Waals surface area contributed by atoms with E-state index in [9.17, 15) is 9.59 Å². The Morgan fingerprint density at radius 3 is 2.30 bits per heavy atom. The average molecular weight is 372 g/mol. The van der Waals surface area contributed by atoms with Gasteiger partial charge in [0.2, 0.25) is 5.91 Å². The van der Waals surface area contributed by atoms with Crippen LogP contribution in [0.4, 0.5) is 5.69 Å². The third-order valence-electron chi connectivity index (χ3n) is 6.09. The Labute approximate surface area is 162 Å². The second kappa shape index (κ2) is 9.77. The molecular formula is C22H33N3O2. The summed E-state index contributed by atoms with van der Waals surface area (Å²) in [5.74, 6) is 0.334. The van der Waals surface area contributed by atoms with Crippen molar-refractivity contribution in [2.24, 2.45) is 17.6 Å². The maximum atomic E-state index is 12.5. The highest BCUT2D eigenvalue weighted by Crippen LogP contribution is 2.24. The predicted molar refractivity (Wildman–Crippen MR) is 109 cm³/mol. The molecule has 0 spiro atoms. The minimum Gasteiger partial charge on any atom is -0.371 e. The molecule has 0 aromatic heterocycles. The zero-order valence-electron chi connectivity index (χ0n) is 16.3. The summed E-state index contributed by atoms with van der Waals surface area (Å²) in [5.41, 5.74) is 7.22. The van der Waals surface area contributed by atoms with Gasteiger partial charge in [-0.3, -0.25) is 9.59 Å². The van der Waals surface area contributed by atoms with Crippen molar-refractivity contribution in [2.45, 2.75) is 57.8 Å². The van der Waals surface area contributed by atoms with Crippen LogP contribution in [0.25, 0.3) is 0 Å². The minimum atomic E-state index is -0.218. The molecule has 0 bridgehead atoms. The van der Waals surface area contributed by atoms with Gasteiger partial charge in [0.1, 0.15) is 0 Å². The summed E-state index contributed by atoms with van der Waals surface area (Å²) in [5, 5.41) is 3.12. The Bertz CT molecular complexity index is 621. The van der Waals surface area contributed by atoms with Gasteiger partial charge in [0.15, 0.2) is 0 Å². The predicted octanol–water partition coefficient (Wildman–Crippen LogP) is 3.48. The second-order valence-corrected chi connectivity index (χ2v) is 8.16. The first kappa shape index (κ1) is 19.7. The third kappa shape index (κ3) is 5.72. The van der Waals surface area contributed by atoms with Crippen molar-refractivity contribution in [1.29, 1.82) is 0 Å². The highest BCUT2D eigenvalue weighted by molar-refractivity contribution is 5.94. The van der Waals surface area contributed by atoms with E-state index >= 15 is 0 Å². The molecule has 27 heavy (non-hydrogen) atoms. The largest absolute Gasteiger partial charge is 0.371 e. The van der Waals surface area contributed by atoms with E-state index in [4.69, 9.17) is 5.73 Å². The number of hydrogen-bond acceptors (Lipinski definition) is 3. The summed E-state index contributed by atoms with van der Waals surface area (Å²) < 4.78 is 0. The number of nitrogens with two attached hydrogens (primary N) is 1. The molecule has 1 aromatic carbocycles. The third-order valence-corrected chi connectivity index (χ3v) is 6.09. The van der Waals surface area contributed by atoms with Gasteiger partial charge in [-0.2, -0.15) is 0 Å². The first-order valence-corrected chi connectivity index (χ1v) is 10.6. The number of nitrogens with one attached hydrogen (secondary N) is 1. The Morgan fingerprint density at radius 1 is 0.963 bits per heavy atom. The summed E-state index contributed by atoms with van der Waals surface area (Å²) in [6.45, 7) is 2.38. The SMILES string of the molecule is NC(=O)[C@@H]1CCCN(c2ccc(C(=O)NCC3CCCCCCC3)cc2)C1. The van der Waals surface area contributed by atoms with Gasteiger partial charge < -0.3 is 16.0 Å². The van der Waals surface area contributed by atoms with Crippen LogP contribution < -0.4 is 16.0 Å². The normalized spacial score (nSPS) is 21.9. The van der Waals surface area contributed by atoms with E-state index in [1.54, 1.807) is 0 Å². The molecule has 3 N–H and O–H groups in total. The Kier molecular flexibility index (Phi) is 7.13. The number of hydrogen-bond donors (Lipinski definition) is 2. The first-order chi connectivity index (χ1) is 13.1. The topological polar surface area (TPSA) is 75.4 Å². The fraction of sp³-hybridized carbons (Fsp3) is 0.636. The summed E-state index contributed by atoms with van der Waals surface area (Å²) in [6, 6.07) is 7.73. The Morgan fingerprint density at radius 2 is 1.63 bits per heavy atom. The molecule has 3 rings (SSSR count).